The van der Waals surface area contributed by atoms with E-state index in [2.05, 4.69) is 11.4 Å². The summed E-state index contributed by atoms with van der Waals surface area (Å²) in [5, 5.41) is 11.6. The van der Waals surface area contributed by atoms with E-state index in [1.165, 1.54) is 11.8 Å². The fraction of sp³-hybridized carbons (Fsp3) is 0.263. The van der Waals surface area contributed by atoms with Crippen LogP contribution in [0.4, 0.5) is 5.69 Å². The number of fused-ring (bicyclic) bond motifs is 1. The van der Waals surface area contributed by atoms with E-state index in [-0.39, 0.29) is 11.2 Å². The highest BCUT2D eigenvalue weighted by Crippen LogP contribution is 2.35. The molecule has 1 heterocycles. The number of anilines is 1. The molecule has 2 aromatic rings. The molecule has 1 aliphatic heterocycles. The van der Waals surface area contributed by atoms with Crippen LogP contribution in [0.15, 0.2) is 47.4 Å². The van der Waals surface area contributed by atoms with Crippen LogP contribution in [0.1, 0.15) is 18.9 Å². The van der Waals surface area contributed by atoms with E-state index in [1.54, 1.807) is 24.3 Å². The number of nitrogens with one attached hydrogen (secondary N) is 1. The predicted molar refractivity (Wildman–Crippen MR) is 97.2 cm³/mol. The van der Waals surface area contributed by atoms with E-state index in [9.17, 15) is 4.79 Å². The van der Waals surface area contributed by atoms with E-state index in [0.717, 1.165) is 17.1 Å². The second kappa shape index (κ2) is 7.95. The van der Waals surface area contributed by atoms with Crippen LogP contribution in [0.5, 0.6) is 11.5 Å². The van der Waals surface area contributed by atoms with Crippen molar-refractivity contribution in [1.82, 2.24) is 0 Å². The van der Waals surface area contributed by atoms with Gasteiger partial charge in [0.15, 0.2) is 11.5 Å². The summed E-state index contributed by atoms with van der Waals surface area (Å²) in [5.74, 6) is 1.30. The van der Waals surface area contributed by atoms with Crippen molar-refractivity contribution in [1.29, 1.82) is 5.26 Å². The topological polar surface area (TPSA) is 71.3 Å². The summed E-state index contributed by atoms with van der Waals surface area (Å²) < 4.78 is 11.3. The zero-order chi connectivity index (χ0) is 17.6. The number of ether oxygens (including phenoxy) is 2. The average Bonchev–Trinajstić information content (AvgIpc) is 2.87. The summed E-state index contributed by atoms with van der Waals surface area (Å²) in [6.07, 6.45) is 0.855. The van der Waals surface area contributed by atoms with Gasteiger partial charge in [0.05, 0.1) is 29.7 Å². The Bertz CT molecular complexity index is 817. The SMILES string of the molecule is CC(Sc1ccc2c(c1)OCCCO2)C(=O)Nc1ccccc1C#N. The van der Waals surface area contributed by atoms with Crippen molar-refractivity contribution in [2.45, 2.75) is 23.5 Å². The van der Waals surface area contributed by atoms with Gasteiger partial charge in [0.1, 0.15) is 6.07 Å². The number of amides is 1. The highest BCUT2D eigenvalue weighted by atomic mass is 32.2. The number of hydrogen-bond donors (Lipinski definition) is 1. The molecule has 0 fully saturated rings. The molecule has 5 nitrogen and oxygen atoms in total. The van der Waals surface area contributed by atoms with Gasteiger partial charge in [-0.3, -0.25) is 4.79 Å². The Hall–Kier alpha value is -2.65. The van der Waals surface area contributed by atoms with E-state index in [0.29, 0.717) is 30.2 Å². The summed E-state index contributed by atoms with van der Waals surface area (Å²) in [6.45, 7) is 3.11. The van der Waals surface area contributed by atoms with Crippen LogP contribution in [0.3, 0.4) is 0 Å². The van der Waals surface area contributed by atoms with Gasteiger partial charge in [-0.15, -0.1) is 11.8 Å². The molecule has 1 amide bonds. The number of rotatable bonds is 4. The fourth-order valence-electron chi connectivity index (χ4n) is 2.40. The first kappa shape index (κ1) is 17.2. The van der Waals surface area contributed by atoms with E-state index in [1.807, 2.05) is 25.1 Å². The van der Waals surface area contributed by atoms with Gasteiger partial charge in [0.2, 0.25) is 5.91 Å². The first-order valence-electron chi connectivity index (χ1n) is 8.03. The first-order valence-corrected chi connectivity index (χ1v) is 8.91. The molecule has 6 heteroatoms. The molecule has 25 heavy (non-hydrogen) atoms. The van der Waals surface area contributed by atoms with E-state index in [4.69, 9.17) is 14.7 Å². The predicted octanol–water partition coefficient (Wildman–Crippen LogP) is 3.84. The van der Waals surface area contributed by atoms with Crippen LogP contribution < -0.4 is 14.8 Å². The summed E-state index contributed by atoms with van der Waals surface area (Å²) in [7, 11) is 0. The van der Waals surface area contributed by atoms with Gasteiger partial charge in [-0.25, -0.2) is 0 Å². The lowest BCUT2D eigenvalue weighted by atomic mass is 10.2. The maximum atomic E-state index is 12.4. The molecule has 0 saturated carbocycles. The van der Waals surface area contributed by atoms with Crippen molar-refractivity contribution < 1.29 is 14.3 Å². The molecule has 0 radical (unpaired) electrons. The molecule has 2 aromatic carbocycles. The molecule has 0 bridgehead atoms. The molecule has 1 atom stereocenters. The monoisotopic (exact) mass is 354 g/mol. The Balaban J connectivity index is 1.67. The number of hydrogen-bond acceptors (Lipinski definition) is 5. The van der Waals surface area contributed by atoms with Gasteiger partial charge in [-0.2, -0.15) is 5.26 Å². The molecule has 1 unspecified atom stereocenters. The molecule has 1 aliphatic rings. The van der Waals surface area contributed by atoms with Crippen molar-refractivity contribution in [2.24, 2.45) is 0 Å². The van der Waals surface area contributed by atoms with Crippen LogP contribution in [-0.4, -0.2) is 24.4 Å². The minimum atomic E-state index is -0.323. The number of nitrogens with zero attached hydrogens (tertiary/aromatic N) is 1. The zero-order valence-corrected chi connectivity index (χ0v) is 14.6. The van der Waals surface area contributed by atoms with Gasteiger partial charge in [0.25, 0.3) is 0 Å². The Morgan fingerprint density at radius 3 is 2.76 bits per heavy atom. The largest absolute Gasteiger partial charge is 0.490 e. The Kier molecular flexibility index (Phi) is 5.46. The van der Waals surface area contributed by atoms with Crippen molar-refractivity contribution in [3.8, 4) is 17.6 Å². The highest BCUT2D eigenvalue weighted by molar-refractivity contribution is 8.00. The van der Waals surface area contributed by atoms with Crippen LogP contribution in [0.2, 0.25) is 0 Å². The Morgan fingerprint density at radius 1 is 1.20 bits per heavy atom. The highest BCUT2D eigenvalue weighted by Gasteiger charge is 2.18. The van der Waals surface area contributed by atoms with Gasteiger partial charge in [0, 0.05) is 11.3 Å². The molecule has 0 aliphatic carbocycles. The molecular weight excluding hydrogens is 336 g/mol. The average molecular weight is 354 g/mol. The van der Waals surface area contributed by atoms with Crippen molar-refractivity contribution in [3.63, 3.8) is 0 Å². The maximum absolute atomic E-state index is 12.4. The van der Waals surface area contributed by atoms with Crippen LogP contribution >= 0.6 is 11.8 Å². The third kappa shape index (κ3) is 4.25. The molecule has 128 valence electrons. The second-order valence-electron chi connectivity index (χ2n) is 5.57. The first-order chi connectivity index (χ1) is 12.2. The number of carbonyl (C=O) groups excluding carboxylic acids is 1. The van der Waals surface area contributed by atoms with Gasteiger partial charge >= 0.3 is 0 Å². The quantitative estimate of drug-likeness (QED) is 0.845. The standard InChI is InChI=1S/C19H18N2O3S/c1-13(19(22)21-16-6-3-2-5-14(16)12-20)25-15-7-8-17-18(11-15)24-10-4-9-23-17/h2-3,5-8,11,13H,4,9-10H2,1H3,(H,21,22). The molecule has 0 aromatic heterocycles. The molecule has 3 rings (SSSR count). The lowest BCUT2D eigenvalue weighted by Gasteiger charge is -2.14. The summed E-state index contributed by atoms with van der Waals surface area (Å²) in [5.41, 5.74) is 0.977. The van der Waals surface area contributed by atoms with E-state index >= 15 is 0 Å². The number of benzene rings is 2. The van der Waals surface area contributed by atoms with Crippen LogP contribution in [0.25, 0.3) is 0 Å². The fourth-order valence-corrected chi connectivity index (χ4v) is 3.29. The normalized spacial score (nSPS) is 14.1. The molecule has 0 saturated heterocycles. The maximum Gasteiger partial charge on any atom is 0.237 e. The third-order valence-corrected chi connectivity index (χ3v) is 4.80. The van der Waals surface area contributed by atoms with Crippen molar-refractivity contribution in [3.05, 3.63) is 48.0 Å². The third-order valence-electron chi connectivity index (χ3n) is 3.71. The Morgan fingerprint density at radius 2 is 1.96 bits per heavy atom. The van der Waals surface area contributed by atoms with Crippen molar-refractivity contribution >= 4 is 23.4 Å². The van der Waals surface area contributed by atoms with Crippen LogP contribution in [0, 0.1) is 11.3 Å². The number of para-hydroxylation sites is 1. The van der Waals surface area contributed by atoms with Gasteiger partial charge in [-0.1, -0.05) is 12.1 Å². The molecule has 1 N–H and O–H groups in total. The Labute approximate surface area is 150 Å². The lowest BCUT2D eigenvalue weighted by molar-refractivity contribution is -0.115. The summed E-state index contributed by atoms with van der Waals surface area (Å²) in [6, 6.07) is 14.7. The minimum Gasteiger partial charge on any atom is -0.490 e. The zero-order valence-electron chi connectivity index (χ0n) is 13.8. The number of nitriles is 1. The molecule has 0 spiro atoms. The lowest BCUT2D eigenvalue weighted by Crippen LogP contribution is -2.22. The minimum absolute atomic E-state index is 0.153. The second-order valence-corrected chi connectivity index (χ2v) is 6.98. The summed E-state index contributed by atoms with van der Waals surface area (Å²) >= 11 is 1.43. The number of carbonyl (C=O) groups is 1. The smallest absolute Gasteiger partial charge is 0.237 e. The van der Waals surface area contributed by atoms with Gasteiger partial charge in [-0.05, 0) is 37.3 Å². The van der Waals surface area contributed by atoms with E-state index < -0.39 is 0 Å². The van der Waals surface area contributed by atoms with Crippen LogP contribution in [-0.2, 0) is 4.79 Å². The van der Waals surface area contributed by atoms with Gasteiger partial charge < -0.3 is 14.8 Å². The molecular formula is C19H18N2O3S. The van der Waals surface area contributed by atoms with Crippen molar-refractivity contribution in [2.75, 3.05) is 18.5 Å². The number of thioether (sulfide) groups is 1. The summed E-state index contributed by atoms with van der Waals surface area (Å²) in [4.78, 5) is 13.4.